The van der Waals surface area contributed by atoms with Gasteiger partial charge in [0.05, 0.1) is 12.7 Å². The summed E-state index contributed by atoms with van der Waals surface area (Å²) in [6.45, 7) is 1.82. The summed E-state index contributed by atoms with van der Waals surface area (Å²) < 4.78 is 11.2. The van der Waals surface area contributed by atoms with E-state index >= 15 is 0 Å². The highest BCUT2D eigenvalue weighted by Gasteiger charge is 2.57. The highest BCUT2D eigenvalue weighted by Crippen LogP contribution is 2.49. The fourth-order valence-electron chi connectivity index (χ4n) is 3.33. The number of carbonyl (C=O) groups excluding carboxylic acids is 2. The molecule has 1 aliphatic heterocycles. The van der Waals surface area contributed by atoms with Crippen LogP contribution in [0, 0.1) is 5.41 Å². The second kappa shape index (κ2) is 7.42. The van der Waals surface area contributed by atoms with Gasteiger partial charge in [-0.1, -0.05) is 42.5 Å². The lowest BCUT2D eigenvalue weighted by atomic mass is 9.69. The third-order valence-corrected chi connectivity index (χ3v) is 4.59. The van der Waals surface area contributed by atoms with Crippen molar-refractivity contribution in [3.63, 3.8) is 0 Å². The van der Waals surface area contributed by atoms with Gasteiger partial charge in [0.1, 0.15) is 11.9 Å². The number of esters is 1. The van der Waals surface area contributed by atoms with Gasteiger partial charge in [0.2, 0.25) is 0 Å². The smallest absolute Gasteiger partial charge is 0.324 e. The van der Waals surface area contributed by atoms with Gasteiger partial charge >= 0.3 is 5.97 Å². The largest absolute Gasteiger partial charge is 0.483 e. The lowest BCUT2D eigenvalue weighted by molar-refractivity contribution is -0.155. The molecule has 0 saturated heterocycles. The normalized spacial score (nSPS) is 21.0. The number of benzene rings is 2. The van der Waals surface area contributed by atoms with Crippen molar-refractivity contribution in [1.29, 1.82) is 0 Å². The molecule has 1 aliphatic rings. The first-order chi connectivity index (χ1) is 12.6. The van der Waals surface area contributed by atoms with E-state index in [0.717, 1.165) is 5.56 Å². The van der Waals surface area contributed by atoms with E-state index in [9.17, 15) is 9.59 Å². The minimum atomic E-state index is -1.50. The van der Waals surface area contributed by atoms with Crippen LogP contribution in [0.3, 0.4) is 0 Å². The fourth-order valence-corrected chi connectivity index (χ4v) is 3.33. The Kier molecular flexibility index (Phi) is 5.06. The number of fused-ring (bicyclic) bond motifs is 1. The number of hydrogen-bond acceptors (Lipinski definition) is 4. The van der Waals surface area contributed by atoms with E-state index < -0.39 is 17.5 Å². The van der Waals surface area contributed by atoms with E-state index in [1.165, 1.54) is 7.11 Å². The van der Waals surface area contributed by atoms with Crippen LogP contribution in [0.15, 0.2) is 72.5 Å². The summed E-state index contributed by atoms with van der Waals surface area (Å²) in [6, 6.07) is 16.3. The van der Waals surface area contributed by atoms with Crippen LogP contribution in [0.4, 0.5) is 0 Å². The molecule has 0 spiro atoms. The third kappa shape index (κ3) is 2.85. The number of ether oxygens (including phenoxy) is 2. The number of rotatable bonds is 4. The average molecular weight is 348 g/mol. The molecule has 0 bridgehead atoms. The summed E-state index contributed by atoms with van der Waals surface area (Å²) in [4.78, 5) is 26.4. The van der Waals surface area contributed by atoms with Gasteiger partial charge in [-0.05, 0) is 36.8 Å². The Bertz CT molecular complexity index is 878. The summed E-state index contributed by atoms with van der Waals surface area (Å²) in [5.74, 6) is -0.435. The SMILES string of the molecule is CC=C=CCC1(C(=O)OC)C(=O)c2ccccc2OC1c1ccccc1. The first-order valence-electron chi connectivity index (χ1n) is 8.44. The van der Waals surface area contributed by atoms with Gasteiger partial charge in [0, 0.05) is 6.42 Å². The van der Waals surface area contributed by atoms with Gasteiger partial charge in [0.15, 0.2) is 11.2 Å². The van der Waals surface area contributed by atoms with Gasteiger partial charge < -0.3 is 9.47 Å². The topological polar surface area (TPSA) is 52.6 Å². The minimum Gasteiger partial charge on any atom is -0.483 e. The molecule has 0 aromatic heterocycles. The van der Waals surface area contributed by atoms with Gasteiger partial charge in [-0.2, -0.15) is 0 Å². The van der Waals surface area contributed by atoms with Crippen molar-refractivity contribution in [3.8, 4) is 5.75 Å². The first-order valence-corrected chi connectivity index (χ1v) is 8.44. The molecule has 2 aromatic carbocycles. The molecule has 2 aromatic rings. The molecule has 0 amide bonds. The number of ketones is 1. The number of para-hydroxylation sites is 1. The number of Topliss-reactive ketones (excluding diaryl/α,β-unsaturated/α-hetero) is 1. The van der Waals surface area contributed by atoms with Crippen LogP contribution in [-0.2, 0) is 9.53 Å². The van der Waals surface area contributed by atoms with Crippen LogP contribution in [-0.4, -0.2) is 18.9 Å². The van der Waals surface area contributed by atoms with E-state index in [1.54, 1.807) is 36.4 Å². The van der Waals surface area contributed by atoms with Crippen LogP contribution in [0.2, 0.25) is 0 Å². The molecule has 0 fully saturated rings. The molecule has 0 radical (unpaired) electrons. The molecule has 1 heterocycles. The second-order valence-corrected chi connectivity index (χ2v) is 6.06. The minimum absolute atomic E-state index is 0.136. The summed E-state index contributed by atoms with van der Waals surface area (Å²) in [5.41, 5.74) is 2.58. The third-order valence-electron chi connectivity index (χ3n) is 4.59. The maximum atomic E-state index is 13.5. The van der Waals surface area contributed by atoms with E-state index in [4.69, 9.17) is 9.47 Å². The van der Waals surface area contributed by atoms with Crippen molar-refractivity contribution in [2.24, 2.45) is 5.41 Å². The Morgan fingerprint density at radius 3 is 2.58 bits per heavy atom. The molecule has 0 aliphatic carbocycles. The maximum absolute atomic E-state index is 13.5. The summed E-state index contributed by atoms with van der Waals surface area (Å²) >= 11 is 0. The van der Waals surface area contributed by atoms with Crippen LogP contribution in [0.1, 0.15) is 35.4 Å². The Hall–Kier alpha value is -3.10. The fraction of sp³-hybridized carbons (Fsp3) is 0.227. The molecular formula is C22H20O4. The highest BCUT2D eigenvalue weighted by atomic mass is 16.5. The molecule has 2 atom stereocenters. The number of hydrogen-bond donors (Lipinski definition) is 0. The maximum Gasteiger partial charge on any atom is 0.324 e. The quantitative estimate of drug-likeness (QED) is 0.470. The summed E-state index contributed by atoms with van der Waals surface area (Å²) in [7, 11) is 1.29. The molecule has 2 unspecified atom stereocenters. The van der Waals surface area contributed by atoms with Gasteiger partial charge in [0.25, 0.3) is 0 Å². The van der Waals surface area contributed by atoms with E-state index in [2.05, 4.69) is 5.73 Å². The molecule has 0 N–H and O–H groups in total. The molecule has 0 saturated carbocycles. The van der Waals surface area contributed by atoms with Gasteiger partial charge in [-0.3, -0.25) is 9.59 Å². The van der Waals surface area contributed by atoms with Crippen LogP contribution in [0.5, 0.6) is 5.75 Å². The Balaban J connectivity index is 2.25. The van der Waals surface area contributed by atoms with Crippen molar-refractivity contribution in [3.05, 3.63) is 83.6 Å². The number of methoxy groups -OCH3 is 1. The van der Waals surface area contributed by atoms with Gasteiger partial charge in [-0.25, -0.2) is 0 Å². The second-order valence-electron chi connectivity index (χ2n) is 6.06. The van der Waals surface area contributed by atoms with Crippen LogP contribution in [0.25, 0.3) is 0 Å². The predicted octanol–water partition coefficient (Wildman–Crippen LogP) is 4.28. The molecule has 4 nitrogen and oxygen atoms in total. The zero-order valence-corrected chi connectivity index (χ0v) is 14.8. The monoisotopic (exact) mass is 348 g/mol. The molecule has 132 valence electrons. The zero-order chi connectivity index (χ0) is 18.6. The molecule has 26 heavy (non-hydrogen) atoms. The Labute approximate surface area is 152 Å². The molecule has 4 heteroatoms. The summed E-state index contributed by atoms with van der Waals surface area (Å²) in [5, 5.41) is 0. The van der Waals surface area contributed by atoms with Crippen molar-refractivity contribution in [2.75, 3.05) is 7.11 Å². The van der Waals surface area contributed by atoms with E-state index in [1.807, 2.05) is 37.3 Å². The molecular weight excluding hydrogens is 328 g/mol. The van der Waals surface area contributed by atoms with Gasteiger partial charge in [-0.15, -0.1) is 5.73 Å². The predicted molar refractivity (Wildman–Crippen MR) is 98.0 cm³/mol. The van der Waals surface area contributed by atoms with E-state index in [0.29, 0.717) is 11.3 Å². The standard InChI is InChI=1S/C22H20O4/c1-3-4-10-15-22(21(24)25-2)19(23)17-13-8-9-14-18(17)26-20(22)16-11-6-5-7-12-16/h3,5-14,20H,15H2,1-2H3. The molecule has 3 rings (SSSR count). The Morgan fingerprint density at radius 1 is 1.19 bits per heavy atom. The lowest BCUT2D eigenvalue weighted by Crippen LogP contribution is -2.49. The highest BCUT2D eigenvalue weighted by molar-refractivity contribution is 6.15. The van der Waals surface area contributed by atoms with Crippen molar-refractivity contribution >= 4 is 11.8 Å². The number of carbonyl (C=O) groups is 2. The van der Waals surface area contributed by atoms with Crippen molar-refractivity contribution in [2.45, 2.75) is 19.4 Å². The van der Waals surface area contributed by atoms with Crippen LogP contribution < -0.4 is 4.74 Å². The zero-order valence-electron chi connectivity index (χ0n) is 14.8. The number of allylic oxidation sites excluding steroid dienone is 1. The van der Waals surface area contributed by atoms with E-state index in [-0.39, 0.29) is 12.2 Å². The average Bonchev–Trinajstić information content (AvgIpc) is 2.69. The lowest BCUT2D eigenvalue weighted by Gasteiger charge is -2.40. The summed E-state index contributed by atoms with van der Waals surface area (Å²) in [6.07, 6.45) is 2.76. The Morgan fingerprint density at radius 2 is 1.88 bits per heavy atom. The van der Waals surface area contributed by atoms with Crippen molar-refractivity contribution in [1.82, 2.24) is 0 Å². The first kappa shape index (κ1) is 17.7. The van der Waals surface area contributed by atoms with Crippen molar-refractivity contribution < 1.29 is 19.1 Å². The van der Waals surface area contributed by atoms with Crippen LogP contribution >= 0.6 is 0 Å².